The van der Waals surface area contributed by atoms with Crippen LogP contribution in [0, 0.1) is 5.92 Å². The van der Waals surface area contributed by atoms with Crippen molar-refractivity contribution >= 4 is 0 Å². The van der Waals surface area contributed by atoms with E-state index in [1.54, 1.807) is 0 Å². The van der Waals surface area contributed by atoms with E-state index in [2.05, 4.69) is 35.9 Å². The first-order chi connectivity index (χ1) is 7.76. The van der Waals surface area contributed by atoms with E-state index in [9.17, 15) is 0 Å². The summed E-state index contributed by atoms with van der Waals surface area (Å²) in [5, 5.41) is 3.41. The molecule has 1 heterocycles. The third-order valence-corrected chi connectivity index (χ3v) is 3.61. The van der Waals surface area contributed by atoms with Gasteiger partial charge in [-0.05, 0) is 32.0 Å². The third kappa shape index (κ3) is 5.28. The smallest absolute Gasteiger partial charge is 0.0107 e. The molecule has 0 spiro atoms. The molecule has 0 saturated carbocycles. The zero-order valence-electron chi connectivity index (χ0n) is 11.3. The average molecular weight is 227 g/mol. The Kier molecular flexibility index (Phi) is 7.01. The van der Waals surface area contributed by atoms with E-state index in [0.717, 1.165) is 5.92 Å². The van der Waals surface area contributed by atoms with E-state index >= 15 is 0 Å². The van der Waals surface area contributed by atoms with Crippen LogP contribution >= 0.6 is 0 Å². The molecule has 3 nitrogen and oxygen atoms in total. The van der Waals surface area contributed by atoms with Gasteiger partial charge in [-0.2, -0.15) is 0 Å². The minimum Gasteiger partial charge on any atom is -0.314 e. The standard InChI is InChI=1S/C13H29N3/c1-4-15(5-2)9-6-13(3)12-16-10-7-14-8-11-16/h13-14H,4-12H2,1-3H3. The van der Waals surface area contributed by atoms with Crippen molar-refractivity contribution < 1.29 is 0 Å². The number of nitrogens with zero attached hydrogens (tertiary/aromatic N) is 2. The van der Waals surface area contributed by atoms with Gasteiger partial charge in [-0.1, -0.05) is 20.8 Å². The molecule has 96 valence electrons. The van der Waals surface area contributed by atoms with Crippen LogP contribution in [0.3, 0.4) is 0 Å². The van der Waals surface area contributed by atoms with Crippen molar-refractivity contribution in [2.45, 2.75) is 27.2 Å². The Labute approximate surface area is 101 Å². The van der Waals surface area contributed by atoms with Gasteiger partial charge in [0.25, 0.3) is 0 Å². The molecule has 0 amide bonds. The first kappa shape index (κ1) is 13.9. The Hall–Kier alpha value is -0.120. The molecule has 1 atom stereocenters. The summed E-state index contributed by atoms with van der Waals surface area (Å²) in [7, 11) is 0. The molecule has 1 rings (SSSR count). The van der Waals surface area contributed by atoms with Gasteiger partial charge < -0.3 is 15.1 Å². The SMILES string of the molecule is CCN(CC)CCC(C)CN1CCNCC1. The molecule has 0 aromatic rings. The molecule has 1 aliphatic heterocycles. The Morgan fingerprint density at radius 1 is 1.19 bits per heavy atom. The molecule has 0 aromatic carbocycles. The number of rotatable bonds is 7. The summed E-state index contributed by atoms with van der Waals surface area (Å²) in [6, 6.07) is 0. The summed E-state index contributed by atoms with van der Waals surface area (Å²) >= 11 is 0. The van der Waals surface area contributed by atoms with Crippen molar-refractivity contribution in [1.29, 1.82) is 0 Å². The molecule has 1 unspecified atom stereocenters. The highest BCUT2D eigenvalue weighted by Crippen LogP contribution is 2.07. The van der Waals surface area contributed by atoms with Crippen LogP contribution in [0.2, 0.25) is 0 Å². The van der Waals surface area contributed by atoms with Crippen molar-refractivity contribution in [2.75, 3.05) is 52.4 Å². The normalized spacial score (nSPS) is 20.2. The molecular formula is C13H29N3. The molecule has 0 bridgehead atoms. The molecule has 1 saturated heterocycles. The van der Waals surface area contributed by atoms with Crippen LogP contribution in [0.25, 0.3) is 0 Å². The minimum absolute atomic E-state index is 0.832. The Bertz CT molecular complexity index is 163. The highest BCUT2D eigenvalue weighted by Gasteiger charge is 2.13. The van der Waals surface area contributed by atoms with E-state index in [0.29, 0.717) is 0 Å². The van der Waals surface area contributed by atoms with Crippen LogP contribution in [0.1, 0.15) is 27.2 Å². The molecule has 0 aliphatic carbocycles. The fraction of sp³-hybridized carbons (Fsp3) is 1.00. The molecular weight excluding hydrogens is 198 g/mol. The zero-order chi connectivity index (χ0) is 11.8. The van der Waals surface area contributed by atoms with Crippen molar-refractivity contribution in [2.24, 2.45) is 5.92 Å². The summed E-state index contributed by atoms with van der Waals surface area (Å²) in [6.07, 6.45) is 1.34. The van der Waals surface area contributed by atoms with E-state index in [1.165, 1.54) is 58.8 Å². The number of hydrogen-bond donors (Lipinski definition) is 1. The Balaban J connectivity index is 2.11. The lowest BCUT2D eigenvalue weighted by atomic mass is 10.1. The fourth-order valence-corrected chi connectivity index (χ4v) is 2.37. The summed E-state index contributed by atoms with van der Waals surface area (Å²) in [6.45, 7) is 16.6. The van der Waals surface area contributed by atoms with Crippen molar-refractivity contribution in [1.82, 2.24) is 15.1 Å². The van der Waals surface area contributed by atoms with Crippen molar-refractivity contribution in [3.63, 3.8) is 0 Å². The lowest BCUT2D eigenvalue weighted by Crippen LogP contribution is -2.45. The lowest BCUT2D eigenvalue weighted by Gasteiger charge is -2.30. The van der Waals surface area contributed by atoms with Gasteiger partial charge in [-0.3, -0.25) is 0 Å². The van der Waals surface area contributed by atoms with Crippen LogP contribution in [0.15, 0.2) is 0 Å². The number of hydrogen-bond acceptors (Lipinski definition) is 3. The van der Waals surface area contributed by atoms with Gasteiger partial charge in [-0.15, -0.1) is 0 Å². The molecule has 16 heavy (non-hydrogen) atoms. The van der Waals surface area contributed by atoms with Crippen LogP contribution in [-0.4, -0.2) is 62.2 Å². The van der Waals surface area contributed by atoms with Gasteiger partial charge in [0, 0.05) is 32.7 Å². The Morgan fingerprint density at radius 3 is 2.38 bits per heavy atom. The van der Waals surface area contributed by atoms with Gasteiger partial charge in [0.15, 0.2) is 0 Å². The molecule has 1 aliphatic rings. The number of piperazine rings is 1. The second kappa shape index (κ2) is 8.04. The Morgan fingerprint density at radius 2 is 1.81 bits per heavy atom. The van der Waals surface area contributed by atoms with E-state index in [4.69, 9.17) is 0 Å². The van der Waals surface area contributed by atoms with E-state index in [-0.39, 0.29) is 0 Å². The largest absolute Gasteiger partial charge is 0.314 e. The number of nitrogens with one attached hydrogen (secondary N) is 1. The maximum atomic E-state index is 3.41. The minimum atomic E-state index is 0.832. The van der Waals surface area contributed by atoms with Gasteiger partial charge in [-0.25, -0.2) is 0 Å². The maximum absolute atomic E-state index is 3.41. The van der Waals surface area contributed by atoms with Crippen LogP contribution < -0.4 is 5.32 Å². The zero-order valence-corrected chi connectivity index (χ0v) is 11.3. The second-order valence-corrected chi connectivity index (χ2v) is 4.97. The summed E-state index contributed by atoms with van der Waals surface area (Å²) in [5.74, 6) is 0.832. The van der Waals surface area contributed by atoms with Crippen LogP contribution in [0.5, 0.6) is 0 Å². The highest BCUT2D eigenvalue weighted by molar-refractivity contribution is 4.70. The summed E-state index contributed by atoms with van der Waals surface area (Å²) in [4.78, 5) is 5.12. The summed E-state index contributed by atoms with van der Waals surface area (Å²) < 4.78 is 0. The predicted molar refractivity (Wildman–Crippen MR) is 70.9 cm³/mol. The average Bonchev–Trinajstić information content (AvgIpc) is 2.31. The first-order valence-electron chi connectivity index (χ1n) is 6.91. The van der Waals surface area contributed by atoms with Crippen LogP contribution in [-0.2, 0) is 0 Å². The maximum Gasteiger partial charge on any atom is 0.0107 e. The lowest BCUT2D eigenvalue weighted by molar-refractivity contribution is 0.194. The molecule has 0 radical (unpaired) electrons. The third-order valence-electron chi connectivity index (χ3n) is 3.61. The fourth-order valence-electron chi connectivity index (χ4n) is 2.37. The van der Waals surface area contributed by atoms with Gasteiger partial charge in [0.1, 0.15) is 0 Å². The van der Waals surface area contributed by atoms with Gasteiger partial charge in [0.2, 0.25) is 0 Å². The highest BCUT2D eigenvalue weighted by atomic mass is 15.2. The first-order valence-corrected chi connectivity index (χ1v) is 6.91. The predicted octanol–water partition coefficient (Wildman–Crippen LogP) is 1.26. The monoisotopic (exact) mass is 227 g/mol. The van der Waals surface area contributed by atoms with Gasteiger partial charge >= 0.3 is 0 Å². The summed E-state index contributed by atoms with van der Waals surface area (Å²) in [5.41, 5.74) is 0. The molecule has 3 heteroatoms. The molecule has 1 N–H and O–H groups in total. The van der Waals surface area contributed by atoms with E-state index < -0.39 is 0 Å². The topological polar surface area (TPSA) is 18.5 Å². The van der Waals surface area contributed by atoms with Crippen LogP contribution in [0.4, 0.5) is 0 Å². The van der Waals surface area contributed by atoms with Crippen molar-refractivity contribution in [3.8, 4) is 0 Å². The van der Waals surface area contributed by atoms with Gasteiger partial charge in [0.05, 0.1) is 0 Å². The van der Waals surface area contributed by atoms with Crippen molar-refractivity contribution in [3.05, 3.63) is 0 Å². The second-order valence-electron chi connectivity index (χ2n) is 4.97. The molecule has 0 aromatic heterocycles. The molecule has 1 fully saturated rings. The van der Waals surface area contributed by atoms with E-state index in [1.807, 2.05) is 0 Å². The quantitative estimate of drug-likeness (QED) is 0.706.